The van der Waals surface area contributed by atoms with Crippen LogP contribution in [0.2, 0.25) is 0 Å². The third kappa shape index (κ3) is 5.68. The van der Waals surface area contributed by atoms with Crippen molar-refractivity contribution in [2.24, 2.45) is 0 Å². The number of hydrogen-bond acceptors (Lipinski definition) is 6. The first-order valence-corrected chi connectivity index (χ1v) is 7.85. The van der Waals surface area contributed by atoms with E-state index in [2.05, 4.69) is 10.5 Å². The number of anilines is 1. The molecular formula is C11H19N3O5S. The van der Waals surface area contributed by atoms with E-state index in [0.717, 1.165) is 6.26 Å². The standard InChI is InChI=1S/C11H19N3O5S/c1-9-8-10(13-19-9)12-11(15)4-5-14(6-7-18-2)20(3,16)17/h8H,4-7H2,1-3H3,(H,12,13,15). The van der Waals surface area contributed by atoms with E-state index in [0.29, 0.717) is 11.6 Å². The monoisotopic (exact) mass is 305 g/mol. The smallest absolute Gasteiger partial charge is 0.226 e. The zero-order chi connectivity index (χ0) is 15.2. The molecule has 0 unspecified atom stereocenters. The van der Waals surface area contributed by atoms with Gasteiger partial charge >= 0.3 is 0 Å². The molecule has 0 aliphatic carbocycles. The topological polar surface area (TPSA) is 102 Å². The SMILES string of the molecule is COCCN(CCC(=O)Nc1cc(C)on1)S(C)(=O)=O. The van der Waals surface area contributed by atoms with Crippen LogP contribution in [0, 0.1) is 6.92 Å². The molecule has 0 aliphatic rings. The van der Waals surface area contributed by atoms with Gasteiger partial charge in [0.25, 0.3) is 0 Å². The lowest BCUT2D eigenvalue weighted by molar-refractivity contribution is -0.116. The summed E-state index contributed by atoms with van der Waals surface area (Å²) >= 11 is 0. The third-order valence-corrected chi connectivity index (χ3v) is 3.80. The molecule has 9 heteroatoms. The van der Waals surface area contributed by atoms with Gasteiger partial charge in [-0.15, -0.1) is 0 Å². The number of rotatable bonds is 8. The van der Waals surface area contributed by atoms with E-state index in [4.69, 9.17) is 9.26 Å². The van der Waals surface area contributed by atoms with Crippen molar-refractivity contribution in [1.29, 1.82) is 0 Å². The Labute approximate surface area is 118 Å². The molecule has 1 amide bonds. The quantitative estimate of drug-likeness (QED) is 0.737. The van der Waals surface area contributed by atoms with Crippen LogP contribution in [0.5, 0.6) is 0 Å². The zero-order valence-electron chi connectivity index (χ0n) is 11.7. The molecule has 0 saturated heterocycles. The van der Waals surface area contributed by atoms with Gasteiger partial charge in [-0.1, -0.05) is 5.16 Å². The minimum atomic E-state index is -3.36. The van der Waals surface area contributed by atoms with Gasteiger partial charge in [0, 0.05) is 32.7 Å². The predicted octanol–water partition coefficient (Wildman–Crippen LogP) is 0.220. The Kier molecular flexibility index (Phi) is 6.11. The molecule has 0 saturated carbocycles. The minimum Gasteiger partial charge on any atom is -0.383 e. The molecule has 1 aromatic heterocycles. The number of nitrogens with one attached hydrogen (secondary N) is 1. The number of sulfonamides is 1. The molecule has 0 atom stereocenters. The summed E-state index contributed by atoms with van der Waals surface area (Å²) in [4.78, 5) is 11.7. The largest absolute Gasteiger partial charge is 0.383 e. The first kappa shape index (κ1) is 16.6. The molecule has 8 nitrogen and oxygen atoms in total. The van der Waals surface area contributed by atoms with Crippen LogP contribution in [0.3, 0.4) is 0 Å². The molecule has 1 rings (SSSR count). The van der Waals surface area contributed by atoms with Crippen molar-refractivity contribution in [2.45, 2.75) is 13.3 Å². The Morgan fingerprint density at radius 3 is 2.70 bits per heavy atom. The summed E-state index contributed by atoms with van der Waals surface area (Å²) in [5, 5.41) is 6.15. The van der Waals surface area contributed by atoms with Crippen LogP contribution in [0.15, 0.2) is 10.6 Å². The summed E-state index contributed by atoms with van der Waals surface area (Å²) in [6.45, 7) is 2.28. The summed E-state index contributed by atoms with van der Waals surface area (Å²) < 4.78 is 33.9. The van der Waals surface area contributed by atoms with E-state index in [1.54, 1.807) is 13.0 Å². The van der Waals surface area contributed by atoms with E-state index in [1.807, 2.05) is 0 Å². The number of hydrogen-bond donors (Lipinski definition) is 1. The predicted molar refractivity (Wildman–Crippen MR) is 72.8 cm³/mol. The van der Waals surface area contributed by atoms with Gasteiger partial charge in [0.1, 0.15) is 5.76 Å². The Morgan fingerprint density at radius 2 is 2.20 bits per heavy atom. The van der Waals surface area contributed by atoms with Crippen molar-refractivity contribution in [1.82, 2.24) is 9.46 Å². The van der Waals surface area contributed by atoms with Crippen molar-refractivity contribution < 1.29 is 22.5 Å². The Bertz CT molecular complexity index is 540. The molecule has 0 radical (unpaired) electrons. The fraction of sp³-hybridized carbons (Fsp3) is 0.636. The van der Waals surface area contributed by atoms with Crippen LogP contribution in [-0.2, 0) is 19.6 Å². The molecule has 0 aromatic carbocycles. The molecule has 20 heavy (non-hydrogen) atoms. The van der Waals surface area contributed by atoms with Crippen LogP contribution in [0.4, 0.5) is 5.82 Å². The lowest BCUT2D eigenvalue weighted by Gasteiger charge is -2.18. The number of aromatic nitrogens is 1. The molecule has 1 aromatic rings. The molecule has 0 fully saturated rings. The molecule has 1 heterocycles. The second kappa shape index (κ2) is 7.36. The van der Waals surface area contributed by atoms with Crippen molar-refractivity contribution in [3.05, 3.63) is 11.8 Å². The van der Waals surface area contributed by atoms with Gasteiger partial charge in [-0.25, -0.2) is 8.42 Å². The van der Waals surface area contributed by atoms with Gasteiger partial charge < -0.3 is 14.6 Å². The highest BCUT2D eigenvalue weighted by atomic mass is 32.2. The number of ether oxygens (including phenoxy) is 1. The van der Waals surface area contributed by atoms with Gasteiger partial charge in [-0.05, 0) is 6.92 Å². The van der Waals surface area contributed by atoms with Crippen LogP contribution in [0.1, 0.15) is 12.2 Å². The number of aryl methyl sites for hydroxylation is 1. The van der Waals surface area contributed by atoms with Crippen LogP contribution >= 0.6 is 0 Å². The number of carbonyl (C=O) groups excluding carboxylic acids is 1. The van der Waals surface area contributed by atoms with Crippen LogP contribution in [0.25, 0.3) is 0 Å². The summed E-state index contributed by atoms with van der Waals surface area (Å²) in [5.74, 6) is 0.567. The van der Waals surface area contributed by atoms with Gasteiger partial charge in [0.05, 0.1) is 12.9 Å². The Hall–Kier alpha value is -1.45. The van der Waals surface area contributed by atoms with Gasteiger partial charge in [0.15, 0.2) is 5.82 Å². The average molecular weight is 305 g/mol. The highest BCUT2D eigenvalue weighted by molar-refractivity contribution is 7.88. The molecular weight excluding hydrogens is 286 g/mol. The average Bonchev–Trinajstić information content (AvgIpc) is 2.73. The Morgan fingerprint density at radius 1 is 1.50 bits per heavy atom. The normalized spacial score (nSPS) is 11.8. The molecule has 0 bridgehead atoms. The van der Waals surface area contributed by atoms with E-state index in [1.165, 1.54) is 11.4 Å². The van der Waals surface area contributed by atoms with Crippen molar-refractivity contribution in [3.63, 3.8) is 0 Å². The molecule has 0 spiro atoms. The van der Waals surface area contributed by atoms with Gasteiger partial charge in [-0.3, -0.25) is 4.79 Å². The summed E-state index contributed by atoms with van der Waals surface area (Å²) in [6.07, 6.45) is 1.13. The van der Waals surface area contributed by atoms with Crippen molar-refractivity contribution >= 4 is 21.7 Å². The fourth-order valence-electron chi connectivity index (χ4n) is 1.49. The fourth-order valence-corrected chi connectivity index (χ4v) is 2.32. The minimum absolute atomic E-state index is 0.0304. The summed E-state index contributed by atoms with van der Waals surface area (Å²) in [7, 11) is -1.88. The zero-order valence-corrected chi connectivity index (χ0v) is 12.6. The van der Waals surface area contributed by atoms with E-state index < -0.39 is 10.0 Å². The lowest BCUT2D eigenvalue weighted by atomic mass is 10.4. The highest BCUT2D eigenvalue weighted by Gasteiger charge is 2.17. The van der Waals surface area contributed by atoms with Gasteiger partial charge in [0.2, 0.25) is 15.9 Å². The second-order valence-electron chi connectivity index (χ2n) is 4.28. The maximum atomic E-state index is 11.7. The summed E-state index contributed by atoms with van der Waals surface area (Å²) in [5.41, 5.74) is 0. The first-order chi connectivity index (χ1) is 9.32. The third-order valence-electron chi connectivity index (χ3n) is 2.50. The highest BCUT2D eigenvalue weighted by Crippen LogP contribution is 2.08. The Balaban J connectivity index is 2.48. The maximum Gasteiger partial charge on any atom is 0.226 e. The number of amides is 1. The number of carbonyl (C=O) groups is 1. The lowest BCUT2D eigenvalue weighted by Crippen LogP contribution is -2.35. The van der Waals surface area contributed by atoms with Gasteiger partial charge in [-0.2, -0.15) is 4.31 Å². The van der Waals surface area contributed by atoms with Crippen LogP contribution < -0.4 is 5.32 Å². The van der Waals surface area contributed by atoms with Crippen molar-refractivity contribution in [3.8, 4) is 0 Å². The van der Waals surface area contributed by atoms with E-state index in [9.17, 15) is 13.2 Å². The number of methoxy groups -OCH3 is 1. The second-order valence-corrected chi connectivity index (χ2v) is 6.26. The molecule has 0 aliphatic heterocycles. The van der Waals surface area contributed by atoms with Crippen LogP contribution in [-0.4, -0.2) is 56.8 Å². The first-order valence-electron chi connectivity index (χ1n) is 6.00. The van der Waals surface area contributed by atoms with E-state index >= 15 is 0 Å². The van der Waals surface area contributed by atoms with E-state index in [-0.39, 0.29) is 32.0 Å². The van der Waals surface area contributed by atoms with Crippen molar-refractivity contribution in [2.75, 3.05) is 38.4 Å². The molecule has 114 valence electrons. The summed E-state index contributed by atoms with van der Waals surface area (Å²) in [6, 6.07) is 1.58. The number of nitrogens with zero attached hydrogens (tertiary/aromatic N) is 2. The maximum absolute atomic E-state index is 11.7. The molecule has 1 N–H and O–H groups in total.